The van der Waals surface area contributed by atoms with Gasteiger partial charge in [-0.2, -0.15) is 0 Å². The lowest BCUT2D eigenvalue weighted by Crippen LogP contribution is -2.14. The van der Waals surface area contributed by atoms with Crippen molar-refractivity contribution >= 4 is 22.9 Å². The average molecular weight is 221 g/mol. The third kappa shape index (κ3) is 3.58. The summed E-state index contributed by atoms with van der Waals surface area (Å²) in [5.41, 5.74) is 0. The fourth-order valence-electron chi connectivity index (χ4n) is 0.687. The summed E-state index contributed by atoms with van der Waals surface area (Å²) in [7, 11) is 0. The molecule has 0 aliphatic carbocycles. The van der Waals surface area contributed by atoms with Crippen molar-refractivity contribution in [3.63, 3.8) is 0 Å². The van der Waals surface area contributed by atoms with Crippen molar-refractivity contribution in [3.8, 4) is 0 Å². The molecule has 0 bridgehead atoms. The second-order valence-corrected chi connectivity index (χ2v) is 4.85. The van der Waals surface area contributed by atoms with Gasteiger partial charge in [-0.1, -0.05) is 25.2 Å². The zero-order valence-electron chi connectivity index (χ0n) is 7.95. The number of aromatic nitrogens is 2. The molecule has 74 valence electrons. The van der Waals surface area contributed by atoms with Crippen LogP contribution >= 0.6 is 22.9 Å². The Hall–Kier alpha value is -0.190. The Morgan fingerprint density at radius 2 is 2.08 bits per heavy atom. The SMILES string of the molecule is CC(C)C(C)OCc1nnc(Cl)s1. The van der Waals surface area contributed by atoms with Gasteiger partial charge < -0.3 is 4.74 Å². The van der Waals surface area contributed by atoms with Gasteiger partial charge in [0.2, 0.25) is 4.47 Å². The Morgan fingerprint density at radius 3 is 2.54 bits per heavy atom. The van der Waals surface area contributed by atoms with E-state index >= 15 is 0 Å². The van der Waals surface area contributed by atoms with E-state index in [0.29, 0.717) is 17.0 Å². The largest absolute Gasteiger partial charge is 0.371 e. The van der Waals surface area contributed by atoms with E-state index in [2.05, 4.69) is 24.0 Å². The Kier molecular flexibility index (Phi) is 4.09. The van der Waals surface area contributed by atoms with Crippen molar-refractivity contribution in [2.24, 2.45) is 5.92 Å². The number of hydrogen-bond acceptors (Lipinski definition) is 4. The first-order valence-corrected chi connectivity index (χ1v) is 5.38. The molecule has 0 radical (unpaired) electrons. The van der Waals surface area contributed by atoms with E-state index < -0.39 is 0 Å². The van der Waals surface area contributed by atoms with Crippen LogP contribution in [0.2, 0.25) is 4.47 Å². The predicted octanol–water partition coefficient (Wildman–Crippen LogP) is 2.75. The van der Waals surface area contributed by atoms with Crippen LogP contribution in [0.5, 0.6) is 0 Å². The van der Waals surface area contributed by atoms with Gasteiger partial charge in [-0.15, -0.1) is 10.2 Å². The van der Waals surface area contributed by atoms with Crippen molar-refractivity contribution in [3.05, 3.63) is 9.47 Å². The number of halogens is 1. The molecule has 13 heavy (non-hydrogen) atoms. The van der Waals surface area contributed by atoms with Crippen LogP contribution in [-0.4, -0.2) is 16.3 Å². The van der Waals surface area contributed by atoms with Gasteiger partial charge in [0.25, 0.3) is 0 Å². The maximum absolute atomic E-state index is 5.63. The molecule has 0 saturated carbocycles. The van der Waals surface area contributed by atoms with Gasteiger partial charge in [-0.25, -0.2) is 0 Å². The Bertz CT molecular complexity index is 264. The quantitative estimate of drug-likeness (QED) is 0.783. The summed E-state index contributed by atoms with van der Waals surface area (Å²) in [5, 5.41) is 8.38. The molecule has 0 amide bonds. The van der Waals surface area contributed by atoms with Crippen LogP contribution in [-0.2, 0) is 11.3 Å². The Morgan fingerprint density at radius 1 is 1.38 bits per heavy atom. The molecular weight excluding hydrogens is 208 g/mol. The molecule has 1 heterocycles. The molecule has 3 nitrogen and oxygen atoms in total. The first-order valence-electron chi connectivity index (χ1n) is 4.19. The van der Waals surface area contributed by atoms with Gasteiger partial charge in [0, 0.05) is 0 Å². The minimum absolute atomic E-state index is 0.239. The second kappa shape index (κ2) is 4.88. The zero-order chi connectivity index (χ0) is 9.84. The van der Waals surface area contributed by atoms with Crippen LogP contribution in [0.4, 0.5) is 0 Å². The Balaban J connectivity index is 2.35. The van der Waals surface area contributed by atoms with Crippen LogP contribution < -0.4 is 0 Å². The molecule has 1 atom stereocenters. The lowest BCUT2D eigenvalue weighted by molar-refractivity contribution is 0.0232. The highest BCUT2D eigenvalue weighted by molar-refractivity contribution is 7.15. The second-order valence-electron chi connectivity index (χ2n) is 3.21. The van der Waals surface area contributed by atoms with Gasteiger partial charge in [-0.3, -0.25) is 0 Å². The summed E-state index contributed by atoms with van der Waals surface area (Å²) < 4.78 is 6.02. The van der Waals surface area contributed by atoms with Crippen molar-refractivity contribution < 1.29 is 4.74 Å². The molecule has 0 aliphatic heterocycles. The highest BCUT2D eigenvalue weighted by Crippen LogP contribution is 2.17. The Labute approximate surface area is 87.1 Å². The van der Waals surface area contributed by atoms with Gasteiger partial charge in [0.15, 0.2) is 0 Å². The van der Waals surface area contributed by atoms with E-state index in [0.717, 1.165) is 5.01 Å². The maximum atomic E-state index is 5.63. The molecule has 1 aromatic rings. The van der Waals surface area contributed by atoms with Crippen LogP contribution in [0.3, 0.4) is 0 Å². The normalized spacial score (nSPS) is 13.6. The summed E-state index contributed by atoms with van der Waals surface area (Å²) in [5.74, 6) is 0.517. The number of hydrogen-bond donors (Lipinski definition) is 0. The molecule has 1 unspecified atom stereocenters. The van der Waals surface area contributed by atoms with E-state index in [1.54, 1.807) is 0 Å². The molecule has 0 N–H and O–H groups in total. The molecule has 0 fully saturated rings. The predicted molar refractivity (Wildman–Crippen MR) is 54.0 cm³/mol. The van der Waals surface area contributed by atoms with E-state index in [4.69, 9.17) is 16.3 Å². The average Bonchev–Trinajstić information content (AvgIpc) is 2.47. The van der Waals surface area contributed by atoms with E-state index in [1.807, 2.05) is 6.92 Å². The summed E-state index contributed by atoms with van der Waals surface area (Å²) >= 11 is 6.99. The van der Waals surface area contributed by atoms with Crippen LogP contribution in [0, 0.1) is 5.92 Å². The standard InChI is InChI=1S/C8H13ClN2OS/c1-5(2)6(3)12-4-7-10-11-8(9)13-7/h5-6H,4H2,1-3H3. The molecule has 0 spiro atoms. The molecule has 0 aromatic carbocycles. The van der Waals surface area contributed by atoms with Gasteiger partial charge in [0.1, 0.15) is 11.6 Å². The van der Waals surface area contributed by atoms with Crippen molar-refractivity contribution in [1.82, 2.24) is 10.2 Å². The van der Waals surface area contributed by atoms with Crippen LogP contribution in [0.25, 0.3) is 0 Å². The molecule has 5 heteroatoms. The highest BCUT2D eigenvalue weighted by atomic mass is 35.5. The van der Waals surface area contributed by atoms with Crippen LogP contribution in [0.15, 0.2) is 0 Å². The monoisotopic (exact) mass is 220 g/mol. The summed E-state index contributed by atoms with van der Waals surface area (Å²) in [6.45, 7) is 6.80. The van der Waals surface area contributed by atoms with Crippen molar-refractivity contribution in [1.29, 1.82) is 0 Å². The first-order chi connectivity index (χ1) is 6.09. The maximum Gasteiger partial charge on any atom is 0.207 e. The molecular formula is C8H13ClN2OS. The molecule has 0 saturated heterocycles. The summed E-state index contributed by atoms with van der Waals surface area (Å²) in [6.07, 6.45) is 0.239. The van der Waals surface area contributed by atoms with E-state index in [1.165, 1.54) is 11.3 Å². The van der Waals surface area contributed by atoms with Crippen molar-refractivity contribution in [2.45, 2.75) is 33.5 Å². The smallest absolute Gasteiger partial charge is 0.207 e. The highest BCUT2D eigenvalue weighted by Gasteiger charge is 2.09. The molecule has 1 rings (SSSR count). The zero-order valence-corrected chi connectivity index (χ0v) is 9.52. The lowest BCUT2D eigenvalue weighted by Gasteiger charge is -2.14. The van der Waals surface area contributed by atoms with Crippen LogP contribution in [0.1, 0.15) is 25.8 Å². The fraction of sp³-hybridized carbons (Fsp3) is 0.750. The summed E-state index contributed by atoms with van der Waals surface area (Å²) in [4.78, 5) is 0. The van der Waals surface area contributed by atoms with Gasteiger partial charge in [0.05, 0.1) is 6.10 Å². The number of ether oxygens (including phenoxy) is 1. The topological polar surface area (TPSA) is 35.0 Å². The fourth-order valence-corrected chi connectivity index (χ4v) is 1.48. The lowest BCUT2D eigenvalue weighted by atomic mass is 10.1. The molecule has 1 aromatic heterocycles. The van der Waals surface area contributed by atoms with Gasteiger partial charge in [-0.05, 0) is 24.4 Å². The van der Waals surface area contributed by atoms with E-state index in [9.17, 15) is 0 Å². The minimum Gasteiger partial charge on any atom is -0.371 e. The summed E-state index contributed by atoms with van der Waals surface area (Å²) in [6, 6.07) is 0. The van der Waals surface area contributed by atoms with Crippen molar-refractivity contribution in [2.75, 3.05) is 0 Å². The minimum atomic E-state index is 0.239. The van der Waals surface area contributed by atoms with E-state index in [-0.39, 0.29) is 6.10 Å². The number of rotatable bonds is 4. The van der Waals surface area contributed by atoms with Gasteiger partial charge >= 0.3 is 0 Å². The molecule has 0 aliphatic rings. The third-order valence-corrected chi connectivity index (χ3v) is 2.84. The first kappa shape index (κ1) is 10.9. The third-order valence-electron chi connectivity index (χ3n) is 1.85. The number of nitrogens with zero attached hydrogens (tertiary/aromatic N) is 2.